The summed E-state index contributed by atoms with van der Waals surface area (Å²) in [5, 5.41) is 4.59. The van der Waals surface area contributed by atoms with Gasteiger partial charge in [0.15, 0.2) is 0 Å². The Morgan fingerprint density at radius 1 is 1.36 bits per heavy atom. The van der Waals surface area contributed by atoms with E-state index >= 15 is 0 Å². The molecule has 0 aliphatic carbocycles. The molecule has 2 rings (SSSR count). The van der Waals surface area contributed by atoms with Crippen LogP contribution in [0.4, 0.5) is 0 Å². The van der Waals surface area contributed by atoms with E-state index in [0.29, 0.717) is 6.42 Å². The lowest BCUT2D eigenvalue weighted by Gasteiger charge is -2.15. The maximum Gasteiger partial charge on any atom is 0.214 e. The van der Waals surface area contributed by atoms with Crippen molar-refractivity contribution in [1.29, 1.82) is 0 Å². The molecule has 3 unspecified atom stereocenters. The van der Waals surface area contributed by atoms with Crippen molar-refractivity contribution in [3.05, 3.63) is 0 Å². The van der Waals surface area contributed by atoms with Crippen molar-refractivity contribution in [2.45, 2.75) is 36.7 Å². The van der Waals surface area contributed by atoms with E-state index in [1.54, 1.807) is 0 Å². The number of rotatable bonds is 1. The number of ether oxygens (including phenoxy) is 1. The van der Waals surface area contributed by atoms with Crippen LogP contribution in [-0.4, -0.2) is 25.9 Å². The van der Waals surface area contributed by atoms with Gasteiger partial charge in [-0.15, -0.1) is 0 Å². The summed E-state index contributed by atoms with van der Waals surface area (Å²) in [4.78, 5) is 0. The monoisotopic (exact) mass is 177 g/mol. The van der Waals surface area contributed by atoms with Crippen LogP contribution in [0.15, 0.2) is 0 Å². The van der Waals surface area contributed by atoms with Crippen molar-refractivity contribution >= 4 is 10.0 Å². The van der Waals surface area contributed by atoms with Crippen molar-refractivity contribution in [3.63, 3.8) is 0 Å². The average Bonchev–Trinajstić information content (AvgIpc) is 2.42. The van der Waals surface area contributed by atoms with Gasteiger partial charge in [0.05, 0.1) is 12.2 Å². The van der Waals surface area contributed by atoms with Gasteiger partial charge in [0.1, 0.15) is 5.25 Å². The molecule has 2 heterocycles. The minimum absolute atomic E-state index is 0.116. The van der Waals surface area contributed by atoms with Gasteiger partial charge in [0, 0.05) is 0 Å². The predicted molar refractivity (Wildman–Crippen MR) is 39.4 cm³/mol. The number of fused-ring (bicyclic) bond motifs is 2. The van der Waals surface area contributed by atoms with Gasteiger partial charge in [0.25, 0.3) is 0 Å². The zero-order valence-electron chi connectivity index (χ0n) is 6.06. The van der Waals surface area contributed by atoms with E-state index in [4.69, 9.17) is 9.88 Å². The number of sulfonamides is 1. The highest BCUT2D eigenvalue weighted by atomic mass is 32.2. The first-order chi connectivity index (χ1) is 5.07. The van der Waals surface area contributed by atoms with Gasteiger partial charge in [-0.2, -0.15) is 0 Å². The molecule has 0 aromatic carbocycles. The third-order valence-corrected chi connectivity index (χ3v) is 3.81. The van der Waals surface area contributed by atoms with Gasteiger partial charge in [-0.1, -0.05) is 0 Å². The second-order valence-electron chi connectivity index (χ2n) is 3.24. The van der Waals surface area contributed by atoms with Crippen molar-refractivity contribution < 1.29 is 13.2 Å². The molecule has 2 bridgehead atoms. The molecule has 5 heteroatoms. The van der Waals surface area contributed by atoms with Gasteiger partial charge in [-0.3, -0.25) is 0 Å². The molecule has 0 radical (unpaired) electrons. The first-order valence-corrected chi connectivity index (χ1v) is 5.35. The Bertz CT molecular complexity index is 261. The zero-order valence-corrected chi connectivity index (χ0v) is 6.88. The van der Waals surface area contributed by atoms with Gasteiger partial charge >= 0.3 is 0 Å². The van der Waals surface area contributed by atoms with Crippen LogP contribution < -0.4 is 5.14 Å². The number of primary sulfonamides is 1. The normalized spacial score (nSPS) is 43.2. The summed E-state index contributed by atoms with van der Waals surface area (Å²) in [5.41, 5.74) is 0. The molecular formula is C6H11NO3S. The number of nitrogens with two attached hydrogens (primary N) is 1. The third kappa shape index (κ3) is 1.17. The molecule has 0 aromatic heterocycles. The first-order valence-electron chi connectivity index (χ1n) is 3.74. The van der Waals surface area contributed by atoms with Crippen molar-refractivity contribution in [1.82, 2.24) is 0 Å². The van der Waals surface area contributed by atoms with Gasteiger partial charge < -0.3 is 4.74 Å². The van der Waals surface area contributed by atoms with Crippen LogP contribution >= 0.6 is 0 Å². The Balaban J connectivity index is 2.21. The van der Waals surface area contributed by atoms with Crippen LogP contribution in [0.3, 0.4) is 0 Å². The maximum atomic E-state index is 10.9. The molecule has 0 spiro atoms. The Labute approximate surface area is 65.8 Å². The quantitative estimate of drug-likeness (QED) is 0.592. The third-order valence-electron chi connectivity index (χ3n) is 2.47. The summed E-state index contributed by atoms with van der Waals surface area (Å²) in [7, 11) is -3.36. The fourth-order valence-electron chi connectivity index (χ4n) is 1.94. The fraction of sp³-hybridized carbons (Fsp3) is 1.00. The molecule has 0 amide bonds. The summed E-state index contributed by atoms with van der Waals surface area (Å²) >= 11 is 0. The lowest BCUT2D eigenvalue weighted by Crippen LogP contribution is -2.36. The highest BCUT2D eigenvalue weighted by Crippen LogP contribution is 2.36. The smallest absolute Gasteiger partial charge is 0.214 e. The van der Waals surface area contributed by atoms with Crippen LogP contribution in [0.1, 0.15) is 19.3 Å². The van der Waals surface area contributed by atoms with E-state index in [0.717, 1.165) is 12.8 Å². The molecule has 2 aliphatic heterocycles. The van der Waals surface area contributed by atoms with Crippen LogP contribution in [0.25, 0.3) is 0 Å². The van der Waals surface area contributed by atoms with Crippen molar-refractivity contribution in [3.8, 4) is 0 Å². The summed E-state index contributed by atoms with van der Waals surface area (Å²) < 4.78 is 27.2. The minimum Gasteiger partial charge on any atom is -0.374 e. The maximum absolute atomic E-state index is 10.9. The SMILES string of the molecule is NS(=O)(=O)C1CC2CCC1O2. The Morgan fingerprint density at radius 2 is 2.09 bits per heavy atom. The van der Waals surface area contributed by atoms with Crippen LogP contribution in [0.2, 0.25) is 0 Å². The molecule has 3 atom stereocenters. The molecule has 0 aromatic rings. The van der Waals surface area contributed by atoms with E-state index < -0.39 is 15.3 Å². The minimum atomic E-state index is -3.36. The molecule has 64 valence electrons. The van der Waals surface area contributed by atoms with Crippen molar-refractivity contribution in [2.75, 3.05) is 0 Å². The fourth-order valence-corrected chi connectivity index (χ4v) is 3.04. The van der Waals surface area contributed by atoms with Gasteiger partial charge in [0.2, 0.25) is 10.0 Å². The van der Waals surface area contributed by atoms with Gasteiger partial charge in [-0.05, 0) is 19.3 Å². The molecule has 2 N–H and O–H groups in total. The van der Waals surface area contributed by atoms with Crippen molar-refractivity contribution in [2.24, 2.45) is 5.14 Å². The molecule has 2 saturated heterocycles. The number of hydrogen-bond acceptors (Lipinski definition) is 3. The topological polar surface area (TPSA) is 69.4 Å². The lowest BCUT2D eigenvalue weighted by molar-refractivity contribution is 0.105. The van der Waals surface area contributed by atoms with Gasteiger partial charge in [-0.25, -0.2) is 13.6 Å². The van der Waals surface area contributed by atoms with Crippen LogP contribution in [0.5, 0.6) is 0 Å². The second-order valence-corrected chi connectivity index (χ2v) is 5.02. The molecule has 4 nitrogen and oxygen atoms in total. The number of hydrogen-bond donors (Lipinski definition) is 1. The largest absolute Gasteiger partial charge is 0.374 e. The second kappa shape index (κ2) is 2.18. The van der Waals surface area contributed by atoms with E-state index in [9.17, 15) is 8.42 Å². The molecule has 2 aliphatic rings. The van der Waals surface area contributed by atoms with Crippen LogP contribution in [-0.2, 0) is 14.8 Å². The Hall–Kier alpha value is -0.130. The van der Waals surface area contributed by atoms with E-state index in [1.165, 1.54) is 0 Å². The lowest BCUT2D eigenvalue weighted by atomic mass is 10.0. The molecular weight excluding hydrogens is 166 g/mol. The Kier molecular flexibility index (Phi) is 1.49. The highest BCUT2D eigenvalue weighted by molar-refractivity contribution is 7.89. The zero-order chi connectivity index (χ0) is 8.06. The van der Waals surface area contributed by atoms with E-state index in [1.807, 2.05) is 0 Å². The first kappa shape index (κ1) is 7.52. The summed E-state index contributed by atoms with van der Waals surface area (Å²) in [6.07, 6.45) is 2.49. The molecule has 2 fully saturated rings. The predicted octanol–water partition coefficient (Wildman–Crippen LogP) is -0.405. The summed E-state index contributed by atoms with van der Waals surface area (Å²) in [6.45, 7) is 0. The van der Waals surface area contributed by atoms with Crippen LogP contribution in [0, 0.1) is 0 Å². The highest BCUT2D eigenvalue weighted by Gasteiger charge is 2.46. The Morgan fingerprint density at radius 3 is 2.36 bits per heavy atom. The summed E-state index contributed by atoms with van der Waals surface area (Å²) in [5.74, 6) is 0. The summed E-state index contributed by atoms with van der Waals surface area (Å²) in [6, 6.07) is 0. The standard InChI is InChI=1S/C6H11NO3S/c7-11(8,9)6-3-4-1-2-5(6)10-4/h4-6H,1-3H2,(H2,7,8,9). The average molecular weight is 177 g/mol. The molecule has 0 saturated carbocycles. The molecule has 11 heavy (non-hydrogen) atoms. The van der Waals surface area contributed by atoms with E-state index in [2.05, 4.69) is 0 Å². The van der Waals surface area contributed by atoms with E-state index in [-0.39, 0.29) is 12.2 Å².